The summed E-state index contributed by atoms with van der Waals surface area (Å²) < 4.78 is 0. The smallest absolute Gasteiger partial charge is 0.353 e. The fraction of sp³-hybridized carbons (Fsp3) is 0.143. The van der Waals surface area contributed by atoms with Crippen molar-refractivity contribution >= 4 is 29.0 Å². The van der Waals surface area contributed by atoms with Crippen LogP contribution in [0.3, 0.4) is 0 Å². The van der Waals surface area contributed by atoms with E-state index < -0.39 is 4.92 Å². The Bertz CT molecular complexity index is 699. The van der Waals surface area contributed by atoms with Crippen LogP contribution in [0.5, 0.6) is 0 Å². The van der Waals surface area contributed by atoms with E-state index in [-0.39, 0.29) is 23.3 Å². The standard InChI is InChI=1S/C14H16N6O2/c1-3-8-16-14-18-12(15)11(20(21)22)13(19-14)17-10-6-4-9(2)5-7-10/h3-7H,1,8H2,2H3,(H4,15,16,17,18,19). The average Bonchev–Trinajstić information content (AvgIpc) is 2.46. The van der Waals surface area contributed by atoms with Gasteiger partial charge in [0, 0.05) is 12.2 Å². The van der Waals surface area contributed by atoms with Crippen molar-refractivity contribution in [3.8, 4) is 0 Å². The number of nitrogen functional groups attached to an aromatic ring is 1. The Morgan fingerprint density at radius 3 is 2.64 bits per heavy atom. The highest BCUT2D eigenvalue weighted by Crippen LogP contribution is 2.31. The number of nitrogens with two attached hydrogens (primary N) is 1. The number of aryl methyl sites for hydroxylation is 1. The van der Waals surface area contributed by atoms with E-state index in [2.05, 4.69) is 27.2 Å². The van der Waals surface area contributed by atoms with E-state index in [1.165, 1.54) is 0 Å². The number of aromatic nitrogens is 2. The second-order valence-electron chi connectivity index (χ2n) is 4.55. The second-order valence-corrected chi connectivity index (χ2v) is 4.55. The first-order valence-corrected chi connectivity index (χ1v) is 6.51. The minimum atomic E-state index is -0.608. The van der Waals surface area contributed by atoms with Crippen molar-refractivity contribution in [1.82, 2.24) is 9.97 Å². The third-order valence-corrected chi connectivity index (χ3v) is 2.81. The molecule has 0 bridgehead atoms. The van der Waals surface area contributed by atoms with Crippen molar-refractivity contribution in [2.45, 2.75) is 6.92 Å². The maximum absolute atomic E-state index is 11.2. The minimum absolute atomic E-state index is 0.0351. The SMILES string of the molecule is C=CCNc1nc(N)c([N+](=O)[O-])c(Nc2ccc(C)cc2)n1. The molecule has 0 aliphatic heterocycles. The molecule has 2 rings (SSSR count). The lowest BCUT2D eigenvalue weighted by atomic mass is 10.2. The molecule has 8 heteroatoms. The Morgan fingerprint density at radius 1 is 1.36 bits per heavy atom. The normalized spacial score (nSPS) is 10.0. The van der Waals surface area contributed by atoms with Crippen molar-refractivity contribution in [2.24, 2.45) is 0 Å². The molecule has 8 nitrogen and oxygen atoms in total. The van der Waals surface area contributed by atoms with E-state index in [0.717, 1.165) is 5.56 Å². The number of hydrogen-bond donors (Lipinski definition) is 3. The van der Waals surface area contributed by atoms with Gasteiger partial charge in [-0.2, -0.15) is 9.97 Å². The van der Waals surface area contributed by atoms with Crippen LogP contribution in [0.15, 0.2) is 36.9 Å². The monoisotopic (exact) mass is 300 g/mol. The Kier molecular flexibility index (Phi) is 4.52. The molecule has 0 fully saturated rings. The van der Waals surface area contributed by atoms with Gasteiger partial charge >= 0.3 is 5.69 Å². The number of hydrogen-bond acceptors (Lipinski definition) is 7. The molecule has 2 aromatic rings. The predicted octanol–water partition coefficient (Wildman–Crippen LogP) is 2.62. The largest absolute Gasteiger partial charge is 0.378 e. The van der Waals surface area contributed by atoms with Crippen LogP contribution < -0.4 is 16.4 Å². The lowest BCUT2D eigenvalue weighted by Gasteiger charge is -2.10. The molecule has 1 heterocycles. The maximum Gasteiger partial charge on any atom is 0.353 e. The Labute approximate surface area is 127 Å². The Balaban J connectivity index is 2.41. The van der Waals surface area contributed by atoms with Crippen LogP contribution in [-0.2, 0) is 0 Å². The number of rotatable bonds is 6. The summed E-state index contributed by atoms with van der Waals surface area (Å²) in [4.78, 5) is 18.6. The zero-order chi connectivity index (χ0) is 16.1. The van der Waals surface area contributed by atoms with Crippen molar-refractivity contribution < 1.29 is 4.92 Å². The van der Waals surface area contributed by atoms with E-state index in [4.69, 9.17) is 5.73 Å². The number of anilines is 4. The van der Waals surface area contributed by atoms with Gasteiger partial charge in [0.2, 0.25) is 17.6 Å². The molecule has 0 amide bonds. The molecule has 0 aliphatic carbocycles. The predicted molar refractivity (Wildman–Crippen MR) is 86.2 cm³/mol. The highest BCUT2D eigenvalue weighted by Gasteiger charge is 2.23. The summed E-state index contributed by atoms with van der Waals surface area (Å²) in [5.41, 5.74) is 7.06. The van der Waals surface area contributed by atoms with Gasteiger partial charge in [-0.1, -0.05) is 23.8 Å². The van der Waals surface area contributed by atoms with Gasteiger partial charge in [-0.05, 0) is 19.1 Å². The Morgan fingerprint density at radius 2 is 2.05 bits per heavy atom. The van der Waals surface area contributed by atoms with Crippen LogP contribution in [0, 0.1) is 17.0 Å². The van der Waals surface area contributed by atoms with E-state index >= 15 is 0 Å². The maximum atomic E-state index is 11.2. The van der Waals surface area contributed by atoms with Crippen molar-refractivity contribution in [3.63, 3.8) is 0 Å². The number of nitrogens with one attached hydrogen (secondary N) is 2. The summed E-state index contributed by atoms with van der Waals surface area (Å²) in [7, 11) is 0. The topological polar surface area (TPSA) is 119 Å². The summed E-state index contributed by atoms with van der Waals surface area (Å²) in [6.07, 6.45) is 1.62. The zero-order valence-corrected chi connectivity index (χ0v) is 12.0. The Hall–Kier alpha value is -3.16. The second kappa shape index (κ2) is 6.53. The van der Waals surface area contributed by atoms with Gasteiger partial charge < -0.3 is 16.4 Å². The molecule has 22 heavy (non-hydrogen) atoms. The van der Waals surface area contributed by atoms with Crippen molar-refractivity contribution in [1.29, 1.82) is 0 Å². The van der Waals surface area contributed by atoms with Gasteiger partial charge in [0.05, 0.1) is 4.92 Å². The summed E-state index contributed by atoms with van der Waals surface area (Å²) in [5.74, 6) is 0.0201. The third-order valence-electron chi connectivity index (χ3n) is 2.81. The van der Waals surface area contributed by atoms with Gasteiger partial charge in [0.25, 0.3) is 0 Å². The van der Waals surface area contributed by atoms with Crippen LogP contribution in [0.1, 0.15) is 5.56 Å². The highest BCUT2D eigenvalue weighted by molar-refractivity contribution is 5.74. The zero-order valence-electron chi connectivity index (χ0n) is 12.0. The lowest BCUT2D eigenvalue weighted by Crippen LogP contribution is -2.10. The molecule has 1 aromatic heterocycles. The molecule has 0 atom stereocenters. The van der Waals surface area contributed by atoms with Crippen LogP contribution in [0.2, 0.25) is 0 Å². The fourth-order valence-corrected chi connectivity index (χ4v) is 1.76. The molecule has 0 saturated heterocycles. The van der Waals surface area contributed by atoms with Gasteiger partial charge in [-0.3, -0.25) is 10.1 Å². The summed E-state index contributed by atoms with van der Waals surface area (Å²) in [5, 5.41) is 16.9. The quantitative estimate of drug-likeness (QED) is 0.426. The molecular formula is C14H16N6O2. The van der Waals surface area contributed by atoms with Crippen molar-refractivity contribution in [2.75, 3.05) is 22.9 Å². The molecular weight excluding hydrogens is 284 g/mol. The summed E-state index contributed by atoms with van der Waals surface area (Å²) in [6, 6.07) is 7.37. The van der Waals surface area contributed by atoms with Gasteiger partial charge in [-0.25, -0.2) is 0 Å². The van der Waals surface area contributed by atoms with Crippen molar-refractivity contribution in [3.05, 3.63) is 52.6 Å². The number of nitrogens with zero attached hydrogens (tertiary/aromatic N) is 3. The minimum Gasteiger partial charge on any atom is -0.378 e. The highest BCUT2D eigenvalue weighted by atomic mass is 16.6. The van der Waals surface area contributed by atoms with E-state index in [0.29, 0.717) is 12.2 Å². The number of benzene rings is 1. The van der Waals surface area contributed by atoms with Gasteiger partial charge in [0.1, 0.15) is 0 Å². The molecule has 114 valence electrons. The van der Waals surface area contributed by atoms with Gasteiger partial charge in [0.15, 0.2) is 0 Å². The van der Waals surface area contributed by atoms with Crippen LogP contribution in [0.4, 0.5) is 29.0 Å². The van der Waals surface area contributed by atoms with Crippen LogP contribution in [0.25, 0.3) is 0 Å². The molecule has 4 N–H and O–H groups in total. The first kappa shape index (κ1) is 15.2. The molecule has 0 spiro atoms. The molecule has 0 radical (unpaired) electrons. The molecule has 0 unspecified atom stereocenters. The third kappa shape index (κ3) is 3.48. The van der Waals surface area contributed by atoms with Crippen LogP contribution >= 0.6 is 0 Å². The first-order valence-electron chi connectivity index (χ1n) is 6.51. The van der Waals surface area contributed by atoms with Crippen LogP contribution in [-0.4, -0.2) is 21.4 Å². The summed E-state index contributed by atoms with van der Waals surface area (Å²) in [6.45, 7) is 5.94. The molecule has 0 aliphatic rings. The van der Waals surface area contributed by atoms with E-state index in [1.807, 2.05) is 19.1 Å². The lowest BCUT2D eigenvalue weighted by molar-refractivity contribution is -0.383. The van der Waals surface area contributed by atoms with E-state index in [1.54, 1.807) is 18.2 Å². The van der Waals surface area contributed by atoms with Gasteiger partial charge in [-0.15, -0.1) is 6.58 Å². The molecule has 1 aromatic carbocycles. The average molecular weight is 300 g/mol. The summed E-state index contributed by atoms with van der Waals surface area (Å²) >= 11 is 0. The first-order chi connectivity index (χ1) is 10.5. The molecule has 0 saturated carbocycles. The fourth-order valence-electron chi connectivity index (χ4n) is 1.76. The van der Waals surface area contributed by atoms with E-state index in [9.17, 15) is 10.1 Å². The number of nitro groups is 1.